The van der Waals surface area contributed by atoms with Crippen molar-refractivity contribution in [2.24, 2.45) is 0 Å². The summed E-state index contributed by atoms with van der Waals surface area (Å²) in [5, 5.41) is 1.62. The third-order valence-corrected chi connectivity index (χ3v) is 6.96. The minimum atomic E-state index is -0.455. The molecule has 2 unspecified atom stereocenters. The number of hydrogen-bond donors (Lipinski definition) is 1. The van der Waals surface area contributed by atoms with Gasteiger partial charge in [-0.15, -0.1) is 0 Å². The van der Waals surface area contributed by atoms with E-state index < -0.39 is 5.82 Å². The minimum absolute atomic E-state index is 0.161. The molecule has 2 heterocycles. The summed E-state index contributed by atoms with van der Waals surface area (Å²) >= 11 is 6.01. The van der Waals surface area contributed by atoms with Gasteiger partial charge in [0.15, 0.2) is 0 Å². The van der Waals surface area contributed by atoms with Crippen molar-refractivity contribution in [3.05, 3.63) is 75.4 Å². The summed E-state index contributed by atoms with van der Waals surface area (Å²) in [6.45, 7) is 4.10. The number of halogens is 2. The first-order valence-electron chi connectivity index (χ1n) is 10.6. The summed E-state index contributed by atoms with van der Waals surface area (Å²) in [6, 6.07) is 15.4. The van der Waals surface area contributed by atoms with Gasteiger partial charge >= 0.3 is 0 Å². The van der Waals surface area contributed by atoms with Crippen molar-refractivity contribution in [3.63, 3.8) is 0 Å². The fraction of sp³-hybridized carbons (Fsp3) is 0.375. The topological polar surface area (TPSA) is 39.3 Å². The van der Waals surface area contributed by atoms with E-state index in [1.165, 1.54) is 11.8 Å². The Bertz CT molecular complexity index is 1110. The van der Waals surface area contributed by atoms with Gasteiger partial charge in [0.05, 0.1) is 5.39 Å². The molecule has 6 heteroatoms. The van der Waals surface area contributed by atoms with Crippen molar-refractivity contribution in [1.82, 2.24) is 9.88 Å². The fourth-order valence-electron chi connectivity index (χ4n) is 5.09. The SMILES string of the molecule is O=c1[nH]c(C2CCC(N3CCN(c4ccc(Cl)cc4)CC3)C2)cc2cccc(F)c12. The highest BCUT2D eigenvalue weighted by atomic mass is 35.5. The molecule has 156 valence electrons. The highest BCUT2D eigenvalue weighted by molar-refractivity contribution is 6.30. The second kappa shape index (κ2) is 8.05. The molecule has 30 heavy (non-hydrogen) atoms. The Labute approximate surface area is 180 Å². The van der Waals surface area contributed by atoms with Gasteiger partial charge in [-0.3, -0.25) is 9.69 Å². The third kappa shape index (κ3) is 3.72. The molecule has 1 aromatic heterocycles. The monoisotopic (exact) mass is 425 g/mol. The van der Waals surface area contributed by atoms with E-state index in [1.807, 2.05) is 24.3 Å². The zero-order chi connectivity index (χ0) is 20.7. The number of pyridine rings is 1. The van der Waals surface area contributed by atoms with E-state index in [4.69, 9.17) is 11.6 Å². The molecule has 1 aliphatic heterocycles. The van der Waals surface area contributed by atoms with Gasteiger partial charge in [-0.2, -0.15) is 0 Å². The molecule has 2 aliphatic rings. The summed E-state index contributed by atoms with van der Waals surface area (Å²) in [6.07, 6.45) is 3.23. The van der Waals surface area contributed by atoms with E-state index in [0.717, 1.165) is 56.2 Å². The van der Waals surface area contributed by atoms with E-state index in [1.54, 1.807) is 6.07 Å². The number of aromatic amines is 1. The van der Waals surface area contributed by atoms with Crippen LogP contribution in [0.4, 0.5) is 10.1 Å². The van der Waals surface area contributed by atoms with Crippen LogP contribution in [-0.4, -0.2) is 42.1 Å². The Kier molecular flexibility index (Phi) is 5.25. The zero-order valence-electron chi connectivity index (χ0n) is 16.8. The number of nitrogens with zero attached hydrogens (tertiary/aromatic N) is 2. The van der Waals surface area contributed by atoms with Gasteiger partial charge in [0.25, 0.3) is 5.56 Å². The maximum atomic E-state index is 14.0. The average Bonchev–Trinajstić information content (AvgIpc) is 3.25. The second-order valence-electron chi connectivity index (χ2n) is 8.42. The molecule has 3 aromatic rings. The first kappa shape index (κ1) is 19.6. The van der Waals surface area contributed by atoms with Crippen molar-refractivity contribution in [2.45, 2.75) is 31.2 Å². The highest BCUT2D eigenvalue weighted by Crippen LogP contribution is 2.37. The predicted molar refractivity (Wildman–Crippen MR) is 120 cm³/mol. The highest BCUT2D eigenvalue weighted by Gasteiger charge is 2.32. The quantitative estimate of drug-likeness (QED) is 0.656. The number of rotatable bonds is 3. The Hall–Kier alpha value is -2.37. The Balaban J connectivity index is 1.25. The lowest BCUT2D eigenvalue weighted by Crippen LogP contribution is -2.49. The predicted octanol–water partition coefficient (Wildman–Crippen LogP) is 4.78. The molecule has 0 amide bonds. The van der Waals surface area contributed by atoms with Crippen LogP contribution in [0.25, 0.3) is 10.8 Å². The van der Waals surface area contributed by atoms with Gasteiger partial charge in [0.1, 0.15) is 5.82 Å². The number of nitrogens with one attached hydrogen (secondary N) is 1. The second-order valence-corrected chi connectivity index (χ2v) is 8.86. The zero-order valence-corrected chi connectivity index (χ0v) is 17.5. The van der Waals surface area contributed by atoms with Crippen LogP contribution in [0.5, 0.6) is 0 Å². The standard InChI is InChI=1S/C24H25ClFN3O/c25-18-5-8-19(9-6-18)28-10-12-29(13-11-28)20-7-4-16(14-20)22-15-17-2-1-3-21(26)23(17)24(30)27-22/h1-3,5-6,8-9,15-16,20H,4,7,10-14H2,(H,27,30). The number of aromatic nitrogens is 1. The molecule has 0 spiro atoms. The summed E-state index contributed by atoms with van der Waals surface area (Å²) in [5.41, 5.74) is 1.85. The van der Waals surface area contributed by atoms with Crippen LogP contribution in [0, 0.1) is 5.82 Å². The number of anilines is 1. The molecule has 1 N–H and O–H groups in total. The van der Waals surface area contributed by atoms with Gasteiger partial charge in [-0.05, 0) is 61.0 Å². The molecule has 0 radical (unpaired) electrons. The molecular weight excluding hydrogens is 401 g/mol. The van der Waals surface area contributed by atoms with Crippen LogP contribution in [0.2, 0.25) is 5.02 Å². The van der Waals surface area contributed by atoms with Gasteiger partial charge in [-0.25, -0.2) is 4.39 Å². The Morgan fingerprint density at radius 2 is 1.77 bits per heavy atom. The van der Waals surface area contributed by atoms with Crippen LogP contribution in [-0.2, 0) is 0 Å². The van der Waals surface area contributed by atoms with Gasteiger partial charge in [-0.1, -0.05) is 23.7 Å². The molecule has 5 rings (SSSR count). The van der Waals surface area contributed by atoms with E-state index in [0.29, 0.717) is 17.3 Å². The number of hydrogen-bond acceptors (Lipinski definition) is 3. The average molecular weight is 426 g/mol. The molecule has 4 nitrogen and oxygen atoms in total. The van der Waals surface area contributed by atoms with Crippen LogP contribution in [0.1, 0.15) is 30.9 Å². The van der Waals surface area contributed by atoms with Gasteiger partial charge < -0.3 is 9.88 Å². The number of H-pyrrole nitrogens is 1. The van der Waals surface area contributed by atoms with E-state index in [2.05, 4.69) is 26.9 Å². The molecule has 0 bridgehead atoms. The maximum absolute atomic E-state index is 14.0. The molecule has 2 fully saturated rings. The summed E-state index contributed by atoms with van der Waals surface area (Å²) in [4.78, 5) is 20.4. The van der Waals surface area contributed by atoms with Crippen molar-refractivity contribution in [3.8, 4) is 0 Å². The number of piperazine rings is 1. The number of benzene rings is 2. The third-order valence-electron chi connectivity index (χ3n) is 6.71. The van der Waals surface area contributed by atoms with Crippen molar-refractivity contribution < 1.29 is 4.39 Å². The van der Waals surface area contributed by atoms with Gasteiger partial charge in [0, 0.05) is 54.5 Å². The van der Waals surface area contributed by atoms with Crippen molar-refractivity contribution in [1.29, 1.82) is 0 Å². The first-order valence-corrected chi connectivity index (χ1v) is 11.0. The van der Waals surface area contributed by atoms with Crippen LogP contribution >= 0.6 is 11.6 Å². The minimum Gasteiger partial charge on any atom is -0.369 e. The lowest BCUT2D eigenvalue weighted by molar-refractivity contribution is 0.186. The Morgan fingerprint density at radius 1 is 1.00 bits per heavy atom. The van der Waals surface area contributed by atoms with Crippen molar-refractivity contribution >= 4 is 28.1 Å². The molecule has 1 saturated heterocycles. The van der Waals surface area contributed by atoms with E-state index in [-0.39, 0.29) is 10.9 Å². The summed E-state index contributed by atoms with van der Waals surface area (Å²) in [7, 11) is 0. The van der Waals surface area contributed by atoms with E-state index in [9.17, 15) is 9.18 Å². The van der Waals surface area contributed by atoms with E-state index >= 15 is 0 Å². The van der Waals surface area contributed by atoms with Crippen molar-refractivity contribution in [2.75, 3.05) is 31.1 Å². The molecule has 2 aromatic carbocycles. The first-order chi connectivity index (χ1) is 14.6. The Morgan fingerprint density at radius 3 is 2.53 bits per heavy atom. The molecule has 1 saturated carbocycles. The normalized spacial score (nSPS) is 22.7. The van der Waals surface area contributed by atoms with Crippen LogP contribution in [0.15, 0.2) is 53.3 Å². The molecular formula is C24H25ClFN3O. The molecule has 2 atom stereocenters. The fourth-order valence-corrected chi connectivity index (χ4v) is 5.21. The largest absolute Gasteiger partial charge is 0.369 e. The molecule has 1 aliphatic carbocycles. The smallest absolute Gasteiger partial charge is 0.259 e. The van der Waals surface area contributed by atoms with Gasteiger partial charge in [0.2, 0.25) is 0 Å². The lowest BCUT2D eigenvalue weighted by atomic mass is 10.00. The van der Waals surface area contributed by atoms with Crippen LogP contribution in [0.3, 0.4) is 0 Å². The van der Waals surface area contributed by atoms with Crippen LogP contribution < -0.4 is 10.5 Å². The summed E-state index contributed by atoms with van der Waals surface area (Å²) in [5.74, 6) is -0.132. The summed E-state index contributed by atoms with van der Waals surface area (Å²) < 4.78 is 14.0. The maximum Gasteiger partial charge on any atom is 0.259 e. The number of fused-ring (bicyclic) bond motifs is 1. The lowest BCUT2D eigenvalue weighted by Gasteiger charge is -2.39.